The standard InChI is InChI=1S/C18H22N2O/c1-2-10-20-15-11-16(13-19-12-15)21-18-9-5-7-14-6-3-4-8-17(14)18/h3-4,6,8,11-13,18,20H,2,5,7,9-10H2,1H3. The maximum atomic E-state index is 6.20. The van der Waals surface area contributed by atoms with Crippen LogP contribution in [0.2, 0.25) is 0 Å². The van der Waals surface area contributed by atoms with E-state index in [4.69, 9.17) is 4.74 Å². The first-order valence-electron chi connectivity index (χ1n) is 7.80. The zero-order chi connectivity index (χ0) is 14.5. The smallest absolute Gasteiger partial charge is 0.140 e. The van der Waals surface area contributed by atoms with Gasteiger partial charge in [0.05, 0.1) is 18.1 Å². The van der Waals surface area contributed by atoms with Crippen LogP contribution in [0.25, 0.3) is 0 Å². The van der Waals surface area contributed by atoms with Crippen molar-refractivity contribution >= 4 is 5.69 Å². The van der Waals surface area contributed by atoms with Gasteiger partial charge in [0, 0.05) is 12.6 Å². The summed E-state index contributed by atoms with van der Waals surface area (Å²) in [5.41, 5.74) is 3.77. The molecule has 3 heteroatoms. The minimum atomic E-state index is 0.151. The molecule has 1 aliphatic carbocycles. The molecule has 1 N–H and O–H groups in total. The Labute approximate surface area is 126 Å². The molecule has 0 saturated carbocycles. The SMILES string of the molecule is CCCNc1cncc(OC2CCCc3ccccc32)c1. The van der Waals surface area contributed by atoms with E-state index in [1.807, 2.05) is 12.3 Å². The summed E-state index contributed by atoms with van der Waals surface area (Å²) in [4.78, 5) is 4.27. The number of aryl methyl sites for hydroxylation is 1. The minimum Gasteiger partial charge on any atom is -0.484 e. The van der Waals surface area contributed by atoms with Crippen molar-refractivity contribution in [2.24, 2.45) is 0 Å². The molecule has 1 atom stereocenters. The summed E-state index contributed by atoms with van der Waals surface area (Å²) in [6.07, 6.45) is 8.31. The highest BCUT2D eigenvalue weighted by Gasteiger charge is 2.21. The van der Waals surface area contributed by atoms with Crippen molar-refractivity contribution in [3.8, 4) is 5.75 Å². The molecule has 0 saturated heterocycles. The Morgan fingerprint density at radius 2 is 2.19 bits per heavy atom. The van der Waals surface area contributed by atoms with Crippen molar-refractivity contribution in [1.82, 2.24) is 4.98 Å². The number of rotatable bonds is 5. The summed E-state index contributed by atoms with van der Waals surface area (Å²) in [6, 6.07) is 10.6. The quantitative estimate of drug-likeness (QED) is 0.884. The van der Waals surface area contributed by atoms with Crippen LogP contribution >= 0.6 is 0 Å². The van der Waals surface area contributed by atoms with E-state index in [0.717, 1.165) is 37.2 Å². The second-order valence-corrected chi connectivity index (χ2v) is 5.53. The Bertz CT molecular complexity index is 597. The van der Waals surface area contributed by atoms with E-state index in [0.29, 0.717) is 0 Å². The van der Waals surface area contributed by atoms with Gasteiger partial charge in [0.25, 0.3) is 0 Å². The molecule has 0 spiro atoms. The molecule has 0 aliphatic heterocycles. The third kappa shape index (κ3) is 3.35. The highest BCUT2D eigenvalue weighted by atomic mass is 16.5. The molecule has 1 unspecified atom stereocenters. The predicted molar refractivity (Wildman–Crippen MR) is 85.8 cm³/mol. The van der Waals surface area contributed by atoms with Gasteiger partial charge in [-0.15, -0.1) is 0 Å². The monoisotopic (exact) mass is 282 g/mol. The number of hydrogen-bond acceptors (Lipinski definition) is 3. The molecular weight excluding hydrogens is 260 g/mol. The number of fused-ring (bicyclic) bond motifs is 1. The molecule has 1 aromatic heterocycles. The maximum absolute atomic E-state index is 6.20. The number of anilines is 1. The largest absolute Gasteiger partial charge is 0.484 e. The van der Waals surface area contributed by atoms with Crippen molar-refractivity contribution in [2.45, 2.75) is 38.7 Å². The zero-order valence-electron chi connectivity index (χ0n) is 12.5. The average Bonchev–Trinajstić information content (AvgIpc) is 2.54. The lowest BCUT2D eigenvalue weighted by molar-refractivity contribution is 0.183. The molecule has 2 aromatic rings. The van der Waals surface area contributed by atoms with E-state index >= 15 is 0 Å². The third-order valence-corrected chi connectivity index (χ3v) is 3.89. The van der Waals surface area contributed by atoms with Gasteiger partial charge in [0.15, 0.2) is 0 Å². The fourth-order valence-corrected chi connectivity index (χ4v) is 2.85. The second kappa shape index (κ2) is 6.61. The van der Waals surface area contributed by atoms with Crippen LogP contribution in [0, 0.1) is 0 Å². The van der Waals surface area contributed by atoms with Gasteiger partial charge in [-0.2, -0.15) is 0 Å². The lowest BCUT2D eigenvalue weighted by Gasteiger charge is -2.26. The highest BCUT2D eigenvalue weighted by Crippen LogP contribution is 2.33. The number of benzene rings is 1. The first-order chi connectivity index (χ1) is 10.4. The Balaban J connectivity index is 1.75. The third-order valence-electron chi connectivity index (χ3n) is 3.89. The molecule has 0 fully saturated rings. The summed E-state index contributed by atoms with van der Waals surface area (Å²) in [5, 5.41) is 3.35. The Morgan fingerprint density at radius 3 is 3.10 bits per heavy atom. The van der Waals surface area contributed by atoms with Gasteiger partial charge in [0.2, 0.25) is 0 Å². The van der Waals surface area contributed by atoms with Crippen LogP contribution < -0.4 is 10.1 Å². The zero-order valence-corrected chi connectivity index (χ0v) is 12.5. The Morgan fingerprint density at radius 1 is 1.29 bits per heavy atom. The van der Waals surface area contributed by atoms with Crippen molar-refractivity contribution in [1.29, 1.82) is 0 Å². The van der Waals surface area contributed by atoms with Crippen LogP contribution in [0.15, 0.2) is 42.7 Å². The molecule has 0 bridgehead atoms. The highest BCUT2D eigenvalue weighted by molar-refractivity contribution is 5.45. The van der Waals surface area contributed by atoms with Gasteiger partial charge in [-0.1, -0.05) is 31.2 Å². The average molecular weight is 282 g/mol. The van der Waals surface area contributed by atoms with Gasteiger partial charge >= 0.3 is 0 Å². The van der Waals surface area contributed by atoms with Gasteiger partial charge in [-0.3, -0.25) is 4.98 Å². The molecule has 0 amide bonds. The number of nitrogens with one attached hydrogen (secondary N) is 1. The van der Waals surface area contributed by atoms with Gasteiger partial charge in [-0.05, 0) is 36.8 Å². The molecule has 1 heterocycles. The maximum Gasteiger partial charge on any atom is 0.140 e. The van der Waals surface area contributed by atoms with Crippen LogP contribution in [-0.4, -0.2) is 11.5 Å². The van der Waals surface area contributed by atoms with Crippen LogP contribution in [0.1, 0.15) is 43.4 Å². The molecule has 21 heavy (non-hydrogen) atoms. The summed E-state index contributed by atoms with van der Waals surface area (Å²) < 4.78 is 6.20. The lowest BCUT2D eigenvalue weighted by atomic mass is 9.89. The van der Waals surface area contributed by atoms with Crippen molar-refractivity contribution in [3.05, 3.63) is 53.9 Å². The topological polar surface area (TPSA) is 34.2 Å². The first-order valence-corrected chi connectivity index (χ1v) is 7.80. The number of ether oxygens (including phenoxy) is 1. The summed E-state index contributed by atoms with van der Waals surface area (Å²) in [5.74, 6) is 0.845. The number of hydrogen-bond donors (Lipinski definition) is 1. The van der Waals surface area contributed by atoms with E-state index in [1.54, 1.807) is 6.20 Å². The second-order valence-electron chi connectivity index (χ2n) is 5.53. The normalized spacial score (nSPS) is 17.1. The minimum absolute atomic E-state index is 0.151. The fraction of sp³-hybridized carbons (Fsp3) is 0.389. The van der Waals surface area contributed by atoms with Crippen molar-refractivity contribution < 1.29 is 4.74 Å². The van der Waals surface area contributed by atoms with Gasteiger partial charge < -0.3 is 10.1 Å². The van der Waals surface area contributed by atoms with Crippen LogP contribution in [-0.2, 0) is 6.42 Å². The fourth-order valence-electron chi connectivity index (χ4n) is 2.85. The Hall–Kier alpha value is -2.03. The molecule has 1 aromatic carbocycles. The van der Waals surface area contributed by atoms with Crippen molar-refractivity contribution in [3.63, 3.8) is 0 Å². The van der Waals surface area contributed by atoms with E-state index in [2.05, 4.69) is 41.5 Å². The van der Waals surface area contributed by atoms with E-state index < -0.39 is 0 Å². The number of aromatic nitrogens is 1. The Kier molecular flexibility index (Phi) is 4.39. The number of pyridine rings is 1. The molecule has 1 aliphatic rings. The molecular formula is C18H22N2O. The van der Waals surface area contributed by atoms with Gasteiger partial charge in [0.1, 0.15) is 11.9 Å². The molecule has 3 nitrogen and oxygen atoms in total. The molecule has 110 valence electrons. The number of nitrogens with zero attached hydrogens (tertiary/aromatic N) is 1. The summed E-state index contributed by atoms with van der Waals surface area (Å²) in [6.45, 7) is 3.11. The lowest BCUT2D eigenvalue weighted by Crippen LogP contribution is -2.15. The first kappa shape index (κ1) is 13.9. The van der Waals surface area contributed by atoms with Crippen molar-refractivity contribution in [2.75, 3.05) is 11.9 Å². The van der Waals surface area contributed by atoms with E-state index in [9.17, 15) is 0 Å². The van der Waals surface area contributed by atoms with Crippen LogP contribution in [0.4, 0.5) is 5.69 Å². The van der Waals surface area contributed by atoms with E-state index in [-0.39, 0.29) is 6.10 Å². The van der Waals surface area contributed by atoms with E-state index in [1.165, 1.54) is 17.5 Å². The molecule has 3 rings (SSSR count). The van der Waals surface area contributed by atoms with Gasteiger partial charge in [-0.25, -0.2) is 0 Å². The summed E-state index contributed by atoms with van der Waals surface area (Å²) in [7, 11) is 0. The van der Waals surface area contributed by atoms with Crippen LogP contribution in [0.3, 0.4) is 0 Å². The van der Waals surface area contributed by atoms with Crippen LogP contribution in [0.5, 0.6) is 5.75 Å². The summed E-state index contributed by atoms with van der Waals surface area (Å²) >= 11 is 0. The molecule has 0 radical (unpaired) electrons. The predicted octanol–water partition coefficient (Wildman–Crippen LogP) is 4.36.